The van der Waals surface area contributed by atoms with Gasteiger partial charge in [0, 0.05) is 20.1 Å². The number of carbonyl (C=O) groups excluding carboxylic acids is 1. The Morgan fingerprint density at radius 3 is 2.55 bits per heavy atom. The minimum atomic E-state index is 0.0180. The molecule has 0 aliphatic heterocycles. The van der Waals surface area contributed by atoms with E-state index >= 15 is 0 Å². The van der Waals surface area contributed by atoms with E-state index in [1.807, 2.05) is 7.05 Å². The SMILES string of the molecule is CNC(=O)N(C)C(C)C1CC1. The summed E-state index contributed by atoms with van der Waals surface area (Å²) in [6.07, 6.45) is 2.56. The molecule has 1 N–H and O–H groups in total. The second-order valence-corrected chi connectivity index (χ2v) is 3.24. The standard InChI is InChI=1S/C8H16N2O/c1-6(7-4-5-7)10(3)8(11)9-2/h6-7H,4-5H2,1-3H3,(H,9,11). The van der Waals surface area contributed by atoms with E-state index in [-0.39, 0.29) is 6.03 Å². The smallest absolute Gasteiger partial charge is 0.317 e. The molecule has 0 aromatic rings. The fourth-order valence-corrected chi connectivity index (χ4v) is 1.26. The third-order valence-corrected chi connectivity index (χ3v) is 2.45. The molecule has 1 atom stereocenters. The number of hydrogen-bond donors (Lipinski definition) is 1. The molecule has 11 heavy (non-hydrogen) atoms. The van der Waals surface area contributed by atoms with Crippen molar-refractivity contribution in [2.75, 3.05) is 14.1 Å². The number of hydrogen-bond acceptors (Lipinski definition) is 1. The van der Waals surface area contributed by atoms with Crippen molar-refractivity contribution >= 4 is 6.03 Å². The summed E-state index contributed by atoms with van der Waals surface area (Å²) in [5, 5.41) is 2.62. The van der Waals surface area contributed by atoms with Crippen LogP contribution >= 0.6 is 0 Å². The van der Waals surface area contributed by atoms with Gasteiger partial charge in [0.25, 0.3) is 0 Å². The summed E-state index contributed by atoms with van der Waals surface area (Å²) in [4.78, 5) is 12.9. The van der Waals surface area contributed by atoms with Gasteiger partial charge in [-0.15, -0.1) is 0 Å². The van der Waals surface area contributed by atoms with Crippen molar-refractivity contribution in [2.45, 2.75) is 25.8 Å². The number of urea groups is 1. The molecule has 0 radical (unpaired) electrons. The predicted molar refractivity (Wildman–Crippen MR) is 44.4 cm³/mol. The third-order valence-electron chi connectivity index (χ3n) is 2.45. The Balaban J connectivity index is 2.38. The molecule has 0 aromatic carbocycles. The molecule has 0 saturated heterocycles. The van der Waals surface area contributed by atoms with Gasteiger partial charge in [-0.2, -0.15) is 0 Å². The monoisotopic (exact) mass is 156 g/mol. The summed E-state index contributed by atoms with van der Waals surface area (Å²) in [6, 6.07) is 0.416. The highest BCUT2D eigenvalue weighted by atomic mass is 16.2. The maximum atomic E-state index is 11.1. The molecule has 0 heterocycles. The maximum absolute atomic E-state index is 11.1. The van der Waals surface area contributed by atoms with E-state index in [0.29, 0.717) is 6.04 Å². The Kier molecular flexibility index (Phi) is 2.37. The summed E-state index contributed by atoms with van der Waals surface area (Å²) in [7, 11) is 3.51. The summed E-state index contributed by atoms with van der Waals surface area (Å²) in [5.74, 6) is 0.747. The molecule has 1 unspecified atom stereocenters. The highest BCUT2D eigenvalue weighted by molar-refractivity contribution is 5.73. The van der Waals surface area contributed by atoms with Crippen LogP contribution in [0.3, 0.4) is 0 Å². The zero-order valence-corrected chi connectivity index (χ0v) is 7.42. The van der Waals surface area contributed by atoms with Crippen LogP contribution in [0.2, 0.25) is 0 Å². The van der Waals surface area contributed by atoms with Crippen LogP contribution in [-0.4, -0.2) is 31.1 Å². The normalized spacial score (nSPS) is 19.2. The summed E-state index contributed by atoms with van der Waals surface area (Å²) in [5.41, 5.74) is 0. The molecule has 3 heteroatoms. The van der Waals surface area contributed by atoms with Crippen LogP contribution in [0.5, 0.6) is 0 Å². The topological polar surface area (TPSA) is 32.3 Å². The minimum Gasteiger partial charge on any atom is -0.341 e. The first-order chi connectivity index (χ1) is 5.16. The first-order valence-electron chi connectivity index (χ1n) is 4.11. The Morgan fingerprint density at radius 2 is 2.18 bits per heavy atom. The molecule has 0 aromatic heterocycles. The first-order valence-corrected chi connectivity index (χ1v) is 4.11. The van der Waals surface area contributed by atoms with E-state index in [1.165, 1.54) is 12.8 Å². The summed E-state index contributed by atoms with van der Waals surface area (Å²) in [6.45, 7) is 2.10. The highest BCUT2D eigenvalue weighted by Crippen LogP contribution is 2.34. The number of amides is 2. The Bertz CT molecular complexity index is 154. The Labute approximate surface area is 67.8 Å². The van der Waals surface area contributed by atoms with Crippen molar-refractivity contribution in [3.8, 4) is 0 Å². The maximum Gasteiger partial charge on any atom is 0.317 e. The molecule has 1 rings (SSSR count). The average molecular weight is 156 g/mol. The molecule has 0 spiro atoms. The van der Waals surface area contributed by atoms with E-state index in [1.54, 1.807) is 11.9 Å². The number of nitrogens with one attached hydrogen (secondary N) is 1. The van der Waals surface area contributed by atoms with Crippen LogP contribution in [0.15, 0.2) is 0 Å². The number of carbonyl (C=O) groups is 1. The van der Waals surface area contributed by atoms with Crippen molar-refractivity contribution in [3.63, 3.8) is 0 Å². The summed E-state index contributed by atoms with van der Waals surface area (Å²) < 4.78 is 0. The lowest BCUT2D eigenvalue weighted by Crippen LogP contribution is -2.41. The van der Waals surface area contributed by atoms with Gasteiger partial charge in [-0.1, -0.05) is 0 Å². The van der Waals surface area contributed by atoms with Gasteiger partial charge in [-0.3, -0.25) is 0 Å². The molecule has 2 amide bonds. The largest absolute Gasteiger partial charge is 0.341 e. The van der Waals surface area contributed by atoms with Gasteiger partial charge >= 0.3 is 6.03 Å². The molecular formula is C8H16N2O. The van der Waals surface area contributed by atoms with Gasteiger partial charge in [-0.25, -0.2) is 4.79 Å². The van der Waals surface area contributed by atoms with E-state index < -0.39 is 0 Å². The number of rotatable bonds is 2. The van der Waals surface area contributed by atoms with Crippen molar-refractivity contribution < 1.29 is 4.79 Å². The Hall–Kier alpha value is -0.730. The molecule has 1 aliphatic rings. The van der Waals surface area contributed by atoms with Gasteiger partial charge in [-0.05, 0) is 25.7 Å². The van der Waals surface area contributed by atoms with Crippen LogP contribution in [-0.2, 0) is 0 Å². The highest BCUT2D eigenvalue weighted by Gasteiger charge is 2.31. The molecule has 0 bridgehead atoms. The van der Waals surface area contributed by atoms with Crippen molar-refractivity contribution in [1.29, 1.82) is 0 Å². The van der Waals surface area contributed by atoms with Gasteiger partial charge in [0.2, 0.25) is 0 Å². The van der Waals surface area contributed by atoms with E-state index in [0.717, 1.165) is 5.92 Å². The lowest BCUT2D eigenvalue weighted by molar-refractivity contribution is 0.190. The zero-order chi connectivity index (χ0) is 8.43. The molecule has 1 fully saturated rings. The minimum absolute atomic E-state index is 0.0180. The second-order valence-electron chi connectivity index (χ2n) is 3.24. The average Bonchev–Trinajstić information content (AvgIpc) is 2.82. The van der Waals surface area contributed by atoms with E-state index in [4.69, 9.17) is 0 Å². The van der Waals surface area contributed by atoms with Crippen molar-refractivity contribution in [3.05, 3.63) is 0 Å². The van der Waals surface area contributed by atoms with Crippen molar-refractivity contribution in [2.24, 2.45) is 5.92 Å². The van der Waals surface area contributed by atoms with Gasteiger partial charge < -0.3 is 10.2 Å². The van der Waals surface area contributed by atoms with Gasteiger partial charge in [0.05, 0.1) is 0 Å². The molecule has 1 saturated carbocycles. The lowest BCUT2D eigenvalue weighted by atomic mass is 10.2. The molecular weight excluding hydrogens is 140 g/mol. The van der Waals surface area contributed by atoms with Crippen LogP contribution in [0, 0.1) is 5.92 Å². The van der Waals surface area contributed by atoms with Crippen LogP contribution < -0.4 is 5.32 Å². The zero-order valence-electron chi connectivity index (χ0n) is 7.42. The molecule has 3 nitrogen and oxygen atoms in total. The lowest BCUT2D eigenvalue weighted by Gasteiger charge is -2.23. The second kappa shape index (κ2) is 3.11. The molecule has 1 aliphatic carbocycles. The fraction of sp³-hybridized carbons (Fsp3) is 0.875. The van der Waals surface area contributed by atoms with E-state index in [2.05, 4.69) is 12.2 Å². The quantitative estimate of drug-likeness (QED) is 0.637. The van der Waals surface area contributed by atoms with Gasteiger partial charge in [0.15, 0.2) is 0 Å². The third kappa shape index (κ3) is 1.85. The van der Waals surface area contributed by atoms with Crippen LogP contribution in [0.4, 0.5) is 4.79 Å². The van der Waals surface area contributed by atoms with Gasteiger partial charge in [0.1, 0.15) is 0 Å². The fourth-order valence-electron chi connectivity index (χ4n) is 1.26. The Morgan fingerprint density at radius 1 is 1.64 bits per heavy atom. The molecule has 64 valence electrons. The number of nitrogens with zero attached hydrogens (tertiary/aromatic N) is 1. The first kappa shape index (κ1) is 8.37. The van der Waals surface area contributed by atoms with Crippen LogP contribution in [0.25, 0.3) is 0 Å². The van der Waals surface area contributed by atoms with Crippen molar-refractivity contribution in [1.82, 2.24) is 10.2 Å². The summed E-state index contributed by atoms with van der Waals surface area (Å²) >= 11 is 0. The predicted octanol–water partition coefficient (Wildman–Crippen LogP) is 1.06. The van der Waals surface area contributed by atoms with E-state index in [9.17, 15) is 4.79 Å². The van der Waals surface area contributed by atoms with Crippen LogP contribution in [0.1, 0.15) is 19.8 Å².